The van der Waals surface area contributed by atoms with Crippen molar-refractivity contribution in [3.8, 4) is 0 Å². The zero-order chi connectivity index (χ0) is 10.7. The van der Waals surface area contributed by atoms with E-state index in [1.165, 1.54) is 6.33 Å². The van der Waals surface area contributed by atoms with Crippen LogP contribution in [0.4, 0.5) is 5.82 Å². The fourth-order valence-electron chi connectivity index (χ4n) is 1.07. The van der Waals surface area contributed by atoms with Crippen molar-refractivity contribution in [1.82, 2.24) is 24.7 Å². The smallest absolute Gasteiger partial charge is 0.151 e. The monoisotopic (exact) mass is 268 g/mol. The predicted molar refractivity (Wildman–Crippen MR) is 58.1 cm³/mol. The van der Waals surface area contributed by atoms with Crippen molar-refractivity contribution in [3.63, 3.8) is 0 Å². The Morgan fingerprint density at radius 2 is 2.33 bits per heavy atom. The Labute approximate surface area is 94.9 Å². The first-order valence-electron chi connectivity index (χ1n) is 4.30. The van der Waals surface area contributed by atoms with Gasteiger partial charge in [-0.25, -0.2) is 9.97 Å². The third-order valence-corrected chi connectivity index (χ3v) is 2.30. The van der Waals surface area contributed by atoms with E-state index >= 15 is 0 Å². The molecule has 78 valence electrons. The molecule has 2 aromatic heterocycles. The lowest BCUT2D eigenvalue weighted by Gasteiger charge is -2.04. The predicted octanol–water partition coefficient (Wildman–Crippen LogP) is 0.980. The van der Waals surface area contributed by atoms with Gasteiger partial charge in [0, 0.05) is 13.1 Å². The third-order valence-electron chi connectivity index (χ3n) is 1.87. The van der Waals surface area contributed by atoms with E-state index < -0.39 is 0 Å². The van der Waals surface area contributed by atoms with Gasteiger partial charge in [0.1, 0.15) is 23.1 Å². The molecule has 0 amide bonds. The second-order valence-electron chi connectivity index (χ2n) is 2.94. The number of anilines is 1. The fraction of sp³-hybridized carbons (Fsp3) is 0.250. The number of rotatable bonds is 3. The van der Waals surface area contributed by atoms with Gasteiger partial charge in [0.05, 0.1) is 6.54 Å². The molecule has 0 radical (unpaired) electrons. The van der Waals surface area contributed by atoms with Crippen LogP contribution in [0.1, 0.15) is 5.82 Å². The van der Waals surface area contributed by atoms with Gasteiger partial charge in [-0.3, -0.25) is 0 Å². The summed E-state index contributed by atoms with van der Waals surface area (Å²) in [5, 5.41) is 10.9. The molecule has 2 rings (SSSR count). The van der Waals surface area contributed by atoms with E-state index in [4.69, 9.17) is 0 Å². The summed E-state index contributed by atoms with van der Waals surface area (Å²) in [7, 11) is 1.90. The summed E-state index contributed by atoms with van der Waals surface area (Å²) in [6, 6.07) is 1.80. The Morgan fingerprint density at radius 3 is 3.00 bits per heavy atom. The van der Waals surface area contributed by atoms with Crippen molar-refractivity contribution in [3.05, 3.63) is 29.1 Å². The van der Waals surface area contributed by atoms with Crippen LogP contribution >= 0.6 is 15.9 Å². The van der Waals surface area contributed by atoms with Crippen molar-refractivity contribution in [2.75, 3.05) is 5.32 Å². The molecule has 0 aliphatic heterocycles. The van der Waals surface area contributed by atoms with Gasteiger partial charge >= 0.3 is 0 Å². The number of hydrogen-bond donors (Lipinski definition) is 1. The molecule has 0 saturated heterocycles. The molecule has 0 saturated carbocycles. The van der Waals surface area contributed by atoms with E-state index in [0.29, 0.717) is 6.54 Å². The lowest BCUT2D eigenvalue weighted by atomic mass is 10.5. The molecule has 0 fully saturated rings. The highest BCUT2D eigenvalue weighted by molar-refractivity contribution is 9.10. The van der Waals surface area contributed by atoms with Crippen molar-refractivity contribution < 1.29 is 0 Å². The molecule has 0 aliphatic rings. The van der Waals surface area contributed by atoms with Crippen molar-refractivity contribution >= 4 is 21.7 Å². The third kappa shape index (κ3) is 2.50. The van der Waals surface area contributed by atoms with Gasteiger partial charge in [-0.1, -0.05) is 0 Å². The zero-order valence-electron chi connectivity index (χ0n) is 8.05. The van der Waals surface area contributed by atoms with Crippen molar-refractivity contribution in [1.29, 1.82) is 0 Å². The number of aryl methyl sites for hydroxylation is 1. The van der Waals surface area contributed by atoms with Gasteiger partial charge in [-0.05, 0) is 15.9 Å². The van der Waals surface area contributed by atoms with Crippen LogP contribution in [0.25, 0.3) is 0 Å². The Morgan fingerprint density at radius 1 is 1.47 bits per heavy atom. The Bertz CT molecular complexity index is 454. The maximum Gasteiger partial charge on any atom is 0.151 e. The van der Waals surface area contributed by atoms with Crippen LogP contribution in [0, 0.1) is 0 Å². The van der Waals surface area contributed by atoms with Crippen molar-refractivity contribution in [2.24, 2.45) is 7.05 Å². The van der Waals surface area contributed by atoms with Crippen LogP contribution in [0.2, 0.25) is 0 Å². The topological polar surface area (TPSA) is 68.5 Å². The first-order valence-corrected chi connectivity index (χ1v) is 5.09. The van der Waals surface area contributed by atoms with Crippen LogP contribution in [0.3, 0.4) is 0 Å². The summed E-state index contributed by atoms with van der Waals surface area (Å²) in [6.07, 6.45) is 3.15. The maximum absolute atomic E-state index is 4.06. The van der Waals surface area contributed by atoms with Gasteiger partial charge in [0.25, 0.3) is 0 Å². The van der Waals surface area contributed by atoms with Gasteiger partial charge in [0.2, 0.25) is 0 Å². The minimum atomic E-state index is 0.583. The van der Waals surface area contributed by atoms with Gasteiger partial charge in [0.15, 0.2) is 5.82 Å². The molecule has 0 atom stereocenters. The highest BCUT2D eigenvalue weighted by atomic mass is 79.9. The Balaban J connectivity index is 2.02. The molecule has 0 spiro atoms. The van der Waals surface area contributed by atoms with E-state index in [9.17, 15) is 0 Å². The largest absolute Gasteiger partial charge is 0.363 e. The molecule has 2 aromatic rings. The van der Waals surface area contributed by atoms with E-state index in [1.54, 1.807) is 12.4 Å². The standard InChI is InChI=1S/C8H9BrN6/c1-15-5-13-14-8(15)3-10-7-2-6(9)11-4-12-7/h2,4-5H,3H2,1H3,(H,10,11,12). The fourth-order valence-corrected chi connectivity index (χ4v) is 1.38. The van der Waals surface area contributed by atoms with Gasteiger partial charge in [-0.15, -0.1) is 10.2 Å². The summed E-state index contributed by atoms with van der Waals surface area (Å²) >= 11 is 3.27. The zero-order valence-corrected chi connectivity index (χ0v) is 9.64. The Kier molecular flexibility index (Phi) is 2.91. The molecule has 15 heavy (non-hydrogen) atoms. The molecule has 2 heterocycles. The van der Waals surface area contributed by atoms with E-state index in [0.717, 1.165) is 16.2 Å². The van der Waals surface area contributed by atoms with E-state index in [2.05, 4.69) is 41.4 Å². The first-order chi connectivity index (χ1) is 7.25. The first kappa shape index (κ1) is 10.0. The quantitative estimate of drug-likeness (QED) is 0.841. The summed E-state index contributed by atoms with van der Waals surface area (Å²) in [6.45, 7) is 0.583. The molecule has 0 aromatic carbocycles. The molecule has 0 unspecified atom stereocenters. The summed E-state index contributed by atoms with van der Waals surface area (Å²) in [5.41, 5.74) is 0. The highest BCUT2D eigenvalue weighted by Crippen LogP contribution is 2.09. The summed E-state index contributed by atoms with van der Waals surface area (Å²) in [4.78, 5) is 7.99. The SMILES string of the molecule is Cn1cnnc1CNc1cc(Br)ncn1. The van der Waals surface area contributed by atoms with E-state index in [1.807, 2.05) is 11.6 Å². The minimum absolute atomic E-state index is 0.583. The number of aromatic nitrogens is 5. The minimum Gasteiger partial charge on any atom is -0.363 e. The van der Waals surface area contributed by atoms with Crippen LogP contribution in [-0.2, 0) is 13.6 Å². The van der Waals surface area contributed by atoms with Crippen LogP contribution in [-0.4, -0.2) is 24.7 Å². The number of nitrogens with zero attached hydrogens (tertiary/aromatic N) is 5. The van der Waals surface area contributed by atoms with Gasteiger partial charge in [-0.2, -0.15) is 0 Å². The molecule has 0 aliphatic carbocycles. The average molecular weight is 269 g/mol. The van der Waals surface area contributed by atoms with Crippen LogP contribution in [0.5, 0.6) is 0 Å². The summed E-state index contributed by atoms with van der Waals surface area (Å²) < 4.78 is 2.60. The normalized spacial score (nSPS) is 10.3. The summed E-state index contributed by atoms with van der Waals surface area (Å²) in [5.74, 6) is 1.60. The second kappa shape index (κ2) is 4.35. The molecule has 1 N–H and O–H groups in total. The lowest BCUT2D eigenvalue weighted by Crippen LogP contribution is -2.06. The second-order valence-corrected chi connectivity index (χ2v) is 3.75. The maximum atomic E-state index is 4.06. The lowest BCUT2D eigenvalue weighted by molar-refractivity contribution is 0.809. The van der Waals surface area contributed by atoms with Crippen LogP contribution < -0.4 is 5.32 Å². The van der Waals surface area contributed by atoms with Gasteiger partial charge < -0.3 is 9.88 Å². The molecule has 0 bridgehead atoms. The molecular formula is C8H9BrN6. The number of nitrogens with one attached hydrogen (secondary N) is 1. The molecule has 7 heteroatoms. The molecule has 6 nitrogen and oxygen atoms in total. The number of hydrogen-bond acceptors (Lipinski definition) is 5. The average Bonchev–Trinajstić information content (AvgIpc) is 2.61. The molecular weight excluding hydrogens is 260 g/mol. The van der Waals surface area contributed by atoms with Crippen LogP contribution in [0.15, 0.2) is 23.3 Å². The van der Waals surface area contributed by atoms with E-state index in [-0.39, 0.29) is 0 Å². The highest BCUT2D eigenvalue weighted by Gasteiger charge is 2.01. The number of halogens is 1. The van der Waals surface area contributed by atoms with Crippen molar-refractivity contribution in [2.45, 2.75) is 6.54 Å². The Hall–Kier alpha value is -1.50.